The van der Waals surface area contributed by atoms with Gasteiger partial charge in [-0.25, -0.2) is 4.98 Å². The summed E-state index contributed by atoms with van der Waals surface area (Å²) >= 11 is 0. The molecule has 5 heteroatoms. The molecule has 2 aromatic heterocycles. The van der Waals surface area contributed by atoms with Gasteiger partial charge in [-0.15, -0.1) is 0 Å². The topological polar surface area (TPSA) is 73.3 Å². The van der Waals surface area contributed by atoms with Crippen LogP contribution in [0.2, 0.25) is 0 Å². The fraction of sp³-hybridized carbons (Fsp3) is 0.150. The van der Waals surface area contributed by atoms with Crippen molar-refractivity contribution in [2.45, 2.75) is 13.5 Å². The van der Waals surface area contributed by atoms with Crippen molar-refractivity contribution < 1.29 is 9.15 Å². The van der Waals surface area contributed by atoms with E-state index in [1.54, 1.807) is 6.26 Å². The number of ether oxygens (including phenoxy) is 1. The maximum atomic E-state index is 6.39. The van der Waals surface area contributed by atoms with Gasteiger partial charge in [0.15, 0.2) is 0 Å². The molecular formula is C20H19N3O2. The Labute approximate surface area is 145 Å². The number of aromatic nitrogens is 1. The second-order valence-corrected chi connectivity index (χ2v) is 5.80. The predicted molar refractivity (Wildman–Crippen MR) is 101 cm³/mol. The van der Waals surface area contributed by atoms with Crippen LogP contribution in [0.4, 0.5) is 11.4 Å². The van der Waals surface area contributed by atoms with Crippen LogP contribution in [0.15, 0.2) is 59.2 Å². The summed E-state index contributed by atoms with van der Waals surface area (Å²) in [6.45, 7) is 3.21. The molecule has 0 saturated heterocycles. The molecule has 0 saturated carbocycles. The zero-order chi connectivity index (χ0) is 17.2. The van der Waals surface area contributed by atoms with Gasteiger partial charge in [-0.05, 0) is 55.5 Å². The Kier molecular flexibility index (Phi) is 3.90. The molecule has 5 nitrogen and oxygen atoms in total. The number of anilines is 2. The van der Waals surface area contributed by atoms with Gasteiger partial charge in [-0.3, -0.25) is 0 Å². The van der Waals surface area contributed by atoms with Crippen LogP contribution in [0.1, 0.15) is 12.7 Å². The van der Waals surface area contributed by atoms with Gasteiger partial charge < -0.3 is 20.2 Å². The molecule has 0 unspecified atom stereocenters. The van der Waals surface area contributed by atoms with Gasteiger partial charge >= 0.3 is 0 Å². The second-order valence-electron chi connectivity index (χ2n) is 5.80. The highest BCUT2D eigenvalue weighted by molar-refractivity contribution is 6.07. The molecule has 0 aliphatic heterocycles. The highest BCUT2D eigenvalue weighted by atomic mass is 16.5. The first kappa shape index (κ1) is 15.3. The van der Waals surface area contributed by atoms with Gasteiger partial charge in [0.2, 0.25) is 0 Å². The van der Waals surface area contributed by atoms with E-state index in [0.717, 1.165) is 44.7 Å². The highest BCUT2D eigenvalue weighted by Gasteiger charge is 2.09. The SMILES string of the molecule is CCOc1ccc2nc3cc(NCc4ccco4)ccc3c(N)c2c1. The highest BCUT2D eigenvalue weighted by Crippen LogP contribution is 2.32. The zero-order valence-corrected chi connectivity index (χ0v) is 14.0. The number of nitrogen functional groups attached to an aromatic ring is 1. The molecule has 0 spiro atoms. The Balaban J connectivity index is 1.72. The van der Waals surface area contributed by atoms with Crippen LogP contribution < -0.4 is 15.8 Å². The minimum Gasteiger partial charge on any atom is -0.494 e. The molecule has 126 valence electrons. The van der Waals surface area contributed by atoms with Gasteiger partial charge in [0, 0.05) is 16.5 Å². The third kappa shape index (κ3) is 2.96. The maximum Gasteiger partial charge on any atom is 0.122 e. The van der Waals surface area contributed by atoms with Crippen molar-refractivity contribution in [3.05, 3.63) is 60.6 Å². The van der Waals surface area contributed by atoms with E-state index in [2.05, 4.69) is 5.32 Å². The van der Waals surface area contributed by atoms with Crippen molar-refractivity contribution in [2.24, 2.45) is 0 Å². The first-order chi connectivity index (χ1) is 12.2. The standard InChI is InChI=1S/C20H19N3O2/c1-2-24-14-6-8-18-17(11-14)20(21)16-7-5-13(10-19(16)23-18)22-12-15-4-3-9-25-15/h3-11,22H,2,12H2,1H3,(H2,21,23). The summed E-state index contributed by atoms with van der Waals surface area (Å²) in [6.07, 6.45) is 1.67. The van der Waals surface area contributed by atoms with Crippen LogP contribution in [0, 0.1) is 0 Å². The molecule has 0 aliphatic carbocycles. The third-order valence-corrected chi connectivity index (χ3v) is 4.14. The summed E-state index contributed by atoms with van der Waals surface area (Å²) < 4.78 is 10.9. The second kappa shape index (κ2) is 6.36. The van der Waals surface area contributed by atoms with Crippen molar-refractivity contribution in [2.75, 3.05) is 17.7 Å². The minimum absolute atomic E-state index is 0.622. The molecule has 25 heavy (non-hydrogen) atoms. The van der Waals surface area contributed by atoms with E-state index in [-0.39, 0.29) is 0 Å². The largest absolute Gasteiger partial charge is 0.494 e. The van der Waals surface area contributed by atoms with Gasteiger partial charge in [0.1, 0.15) is 11.5 Å². The van der Waals surface area contributed by atoms with Crippen LogP contribution in [0.25, 0.3) is 21.8 Å². The molecule has 2 heterocycles. The van der Waals surface area contributed by atoms with E-state index in [1.807, 2.05) is 55.5 Å². The molecule has 0 aliphatic rings. The number of furan rings is 1. The summed E-state index contributed by atoms with van der Waals surface area (Å²) in [5, 5.41) is 5.18. The lowest BCUT2D eigenvalue weighted by Crippen LogP contribution is -1.99. The van der Waals surface area contributed by atoms with Crippen molar-refractivity contribution in [1.29, 1.82) is 0 Å². The van der Waals surface area contributed by atoms with Gasteiger partial charge in [0.25, 0.3) is 0 Å². The summed E-state index contributed by atoms with van der Waals surface area (Å²) in [7, 11) is 0. The average molecular weight is 333 g/mol. The van der Waals surface area contributed by atoms with Gasteiger partial charge in [-0.2, -0.15) is 0 Å². The van der Waals surface area contributed by atoms with Crippen molar-refractivity contribution >= 4 is 33.2 Å². The molecule has 0 bridgehead atoms. The number of pyridine rings is 1. The van der Waals surface area contributed by atoms with Crippen LogP contribution in [-0.4, -0.2) is 11.6 Å². The monoisotopic (exact) mass is 333 g/mol. The van der Waals surface area contributed by atoms with E-state index < -0.39 is 0 Å². The van der Waals surface area contributed by atoms with Crippen LogP contribution in [-0.2, 0) is 6.54 Å². The van der Waals surface area contributed by atoms with Crippen molar-refractivity contribution in [3.8, 4) is 5.75 Å². The lowest BCUT2D eigenvalue weighted by Gasteiger charge is -2.11. The van der Waals surface area contributed by atoms with Gasteiger partial charge in [-0.1, -0.05) is 0 Å². The zero-order valence-electron chi connectivity index (χ0n) is 14.0. The van der Waals surface area contributed by atoms with E-state index >= 15 is 0 Å². The number of nitrogens with zero attached hydrogens (tertiary/aromatic N) is 1. The van der Waals surface area contributed by atoms with Crippen molar-refractivity contribution in [3.63, 3.8) is 0 Å². The van der Waals surface area contributed by atoms with E-state index in [0.29, 0.717) is 13.2 Å². The normalized spacial score (nSPS) is 11.1. The Morgan fingerprint density at radius 2 is 2.00 bits per heavy atom. The number of fused-ring (bicyclic) bond motifs is 2. The Morgan fingerprint density at radius 3 is 2.80 bits per heavy atom. The average Bonchev–Trinajstić information content (AvgIpc) is 3.14. The lowest BCUT2D eigenvalue weighted by atomic mass is 10.1. The third-order valence-electron chi connectivity index (χ3n) is 4.14. The Bertz CT molecular complexity index is 1030. The number of hydrogen-bond donors (Lipinski definition) is 2. The number of rotatable bonds is 5. The van der Waals surface area contributed by atoms with E-state index in [9.17, 15) is 0 Å². The fourth-order valence-corrected chi connectivity index (χ4v) is 2.92. The Morgan fingerprint density at radius 1 is 1.08 bits per heavy atom. The maximum absolute atomic E-state index is 6.39. The first-order valence-corrected chi connectivity index (χ1v) is 8.26. The first-order valence-electron chi connectivity index (χ1n) is 8.26. The molecule has 2 aromatic carbocycles. The number of hydrogen-bond acceptors (Lipinski definition) is 5. The molecule has 0 fully saturated rings. The van der Waals surface area contributed by atoms with Gasteiger partial charge in [0.05, 0.1) is 36.1 Å². The lowest BCUT2D eigenvalue weighted by molar-refractivity contribution is 0.341. The van der Waals surface area contributed by atoms with Crippen molar-refractivity contribution in [1.82, 2.24) is 4.98 Å². The molecule has 4 aromatic rings. The molecular weight excluding hydrogens is 314 g/mol. The predicted octanol–water partition coefficient (Wildman–Crippen LogP) is 4.57. The molecule has 0 amide bonds. The van der Waals surface area contributed by atoms with Crippen LogP contribution in [0.5, 0.6) is 5.75 Å². The van der Waals surface area contributed by atoms with E-state index in [4.69, 9.17) is 19.9 Å². The van der Waals surface area contributed by atoms with E-state index in [1.165, 1.54) is 0 Å². The number of nitrogens with two attached hydrogens (primary N) is 1. The fourth-order valence-electron chi connectivity index (χ4n) is 2.92. The number of benzene rings is 2. The number of nitrogens with one attached hydrogen (secondary N) is 1. The summed E-state index contributed by atoms with van der Waals surface area (Å²) in [4.78, 5) is 4.75. The Hall–Kier alpha value is -3.21. The summed E-state index contributed by atoms with van der Waals surface area (Å²) in [5.41, 5.74) is 9.80. The van der Waals surface area contributed by atoms with Crippen LogP contribution in [0.3, 0.4) is 0 Å². The quantitative estimate of drug-likeness (QED) is 0.523. The summed E-state index contributed by atoms with van der Waals surface area (Å²) in [5.74, 6) is 1.69. The smallest absolute Gasteiger partial charge is 0.122 e. The minimum atomic E-state index is 0.622. The van der Waals surface area contributed by atoms with Crippen LogP contribution >= 0.6 is 0 Å². The molecule has 0 atom stereocenters. The summed E-state index contributed by atoms with van der Waals surface area (Å²) in [6, 6.07) is 15.6. The molecule has 4 rings (SSSR count). The molecule has 0 radical (unpaired) electrons. The molecule has 3 N–H and O–H groups in total.